The van der Waals surface area contributed by atoms with Gasteiger partial charge in [0.25, 0.3) is 0 Å². The standard InChI is InChI=1S/C12H23N3O/c1-11-9-15(7-4-8-16-11)6-3-5-12(2,14)10-13/h11H,3-9,14H2,1-2H3. The SMILES string of the molecule is CC1CN(CCCC(C)(N)C#N)CCCO1. The van der Waals surface area contributed by atoms with E-state index >= 15 is 0 Å². The van der Waals surface area contributed by atoms with E-state index in [0.29, 0.717) is 6.10 Å². The molecule has 1 aliphatic heterocycles. The quantitative estimate of drug-likeness (QED) is 0.778. The first kappa shape index (κ1) is 13.4. The third-order valence-corrected chi connectivity index (χ3v) is 2.96. The van der Waals surface area contributed by atoms with E-state index in [0.717, 1.165) is 45.5 Å². The third-order valence-electron chi connectivity index (χ3n) is 2.96. The van der Waals surface area contributed by atoms with Crippen LogP contribution >= 0.6 is 0 Å². The van der Waals surface area contributed by atoms with Crippen LogP contribution in [-0.4, -0.2) is 42.8 Å². The van der Waals surface area contributed by atoms with Crippen molar-refractivity contribution in [3.8, 4) is 6.07 Å². The van der Waals surface area contributed by atoms with E-state index in [9.17, 15) is 0 Å². The van der Waals surface area contributed by atoms with Crippen LogP contribution < -0.4 is 5.73 Å². The zero-order valence-electron chi connectivity index (χ0n) is 10.4. The van der Waals surface area contributed by atoms with Crippen LogP contribution in [0.15, 0.2) is 0 Å². The Kier molecular flexibility index (Phi) is 5.20. The Morgan fingerprint density at radius 3 is 3.06 bits per heavy atom. The third kappa shape index (κ3) is 4.93. The predicted molar refractivity (Wildman–Crippen MR) is 63.9 cm³/mol. The van der Waals surface area contributed by atoms with E-state index in [1.807, 2.05) is 0 Å². The molecule has 2 unspecified atom stereocenters. The van der Waals surface area contributed by atoms with Gasteiger partial charge in [-0.1, -0.05) is 0 Å². The molecular weight excluding hydrogens is 202 g/mol. The topological polar surface area (TPSA) is 62.3 Å². The summed E-state index contributed by atoms with van der Waals surface area (Å²) in [7, 11) is 0. The molecule has 1 aliphatic rings. The molecule has 0 aromatic carbocycles. The summed E-state index contributed by atoms with van der Waals surface area (Å²) in [5.74, 6) is 0. The Hall–Kier alpha value is -0.630. The summed E-state index contributed by atoms with van der Waals surface area (Å²) in [6.07, 6.45) is 3.16. The zero-order valence-corrected chi connectivity index (χ0v) is 10.4. The summed E-state index contributed by atoms with van der Waals surface area (Å²) in [6.45, 7) is 7.88. The van der Waals surface area contributed by atoms with Crippen molar-refractivity contribution in [3.63, 3.8) is 0 Å². The van der Waals surface area contributed by atoms with Crippen LogP contribution in [0.4, 0.5) is 0 Å². The minimum absolute atomic E-state index is 0.322. The second-order valence-electron chi connectivity index (χ2n) is 4.97. The highest BCUT2D eigenvalue weighted by Crippen LogP contribution is 2.10. The second kappa shape index (κ2) is 6.19. The first-order valence-corrected chi connectivity index (χ1v) is 6.07. The first-order valence-electron chi connectivity index (χ1n) is 6.07. The molecule has 2 N–H and O–H groups in total. The van der Waals surface area contributed by atoms with Gasteiger partial charge in [-0.3, -0.25) is 0 Å². The van der Waals surface area contributed by atoms with Crippen LogP contribution in [0.3, 0.4) is 0 Å². The number of ether oxygens (including phenoxy) is 1. The molecule has 0 radical (unpaired) electrons. The highest BCUT2D eigenvalue weighted by Gasteiger charge is 2.19. The Balaban J connectivity index is 2.24. The number of nitrogens with zero attached hydrogens (tertiary/aromatic N) is 2. The van der Waals surface area contributed by atoms with Crippen molar-refractivity contribution in [1.29, 1.82) is 5.26 Å². The van der Waals surface area contributed by atoms with Gasteiger partial charge in [0.15, 0.2) is 0 Å². The molecule has 0 bridgehead atoms. The van der Waals surface area contributed by atoms with Gasteiger partial charge in [-0.15, -0.1) is 0 Å². The number of hydrogen-bond acceptors (Lipinski definition) is 4. The lowest BCUT2D eigenvalue weighted by atomic mass is 9.99. The maximum atomic E-state index is 8.81. The zero-order chi connectivity index (χ0) is 12.0. The van der Waals surface area contributed by atoms with Crippen molar-refractivity contribution in [1.82, 2.24) is 4.90 Å². The van der Waals surface area contributed by atoms with Crippen LogP contribution in [0, 0.1) is 11.3 Å². The Morgan fingerprint density at radius 2 is 2.38 bits per heavy atom. The fourth-order valence-electron chi connectivity index (χ4n) is 2.01. The molecule has 0 spiro atoms. The molecule has 1 heterocycles. The van der Waals surface area contributed by atoms with Crippen LogP contribution in [0.25, 0.3) is 0 Å². The van der Waals surface area contributed by atoms with E-state index in [1.54, 1.807) is 6.92 Å². The van der Waals surface area contributed by atoms with Crippen molar-refractivity contribution in [3.05, 3.63) is 0 Å². The van der Waals surface area contributed by atoms with Gasteiger partial charge in [0, 0.05) is 19.7 Å². The summed E-state index contributed by atoms with van der Waals surface area (Å²) in [5.41, 5.74) is 5.11. The molecule has 0 aromatic rings. The summed E-state index contributed by atoms with van der Waals surface area (Å²) >= 11 is 0. The summed E-state index contributed by atoms with van der Waals surface area (Å²) in [5, 5.41) is 8.81. The Bertz CT molecular complexity index is 247. The monoisotopic (exact) mass is 225 g/mol. The molecule has 16 heavy (non-hydrogen) atoms. The lowest BCUT2D eigenvalue weighted by molar-refractivity contribution is 0.0674. The summed E-state index contributed by atoms with van der Waals surface area (Å²) < 4.78 is 5.58. The number of nitrogens with two attached hydrogens (primary N) is 1. The van der Waals surface area contributed by atoms with Crippen molar-refractivity contribution in [2.45, 2.75) is 44.8 Å². The largest absolute Gasteiger partial charge is 0.377 e. The minimum Gasteiger partial charge on any atom is -0.377 e. The molecular formula is C12H23N3O. The van der Waals surface area contributed by atoms with Crippen LogP contribution in [-0.2, 0) is 4.74 Å². The molecule has 1 saturated heterocycles. The van der Waals surface area contributed by atoms with Gasteiger partial charge in [-0.05, 0) is 39.7 Å². The van der Waals surface area contributed by atoms with Crippen LogP contribution in [0.5, 0.6) is 0 Å². The van der Waals surface area contributed by atoms with Gasteiger partial charge >= 0.3 is 0 Å². The van der Waals surface area contributed by atoms with Crippen molar-refractivity contribution in [2.24, 2.45) is 5.73 Å². The molecule has 4 heteroatoms. The lowest BCUT2D eigenvalue weighted by Crippen LogP contribution is -2.36. The Morgan fingerprint density at radius 1 is 1.62 bits per heavy atom. The molecule has 4 nitrogen and oxygen atoms in total. The number of nitriles is 1. The molecule has 0 saturated carbocycles. The molecule has 92 valence electrons. The average molecular weight is 225 g/mol. The average Bonchev–Trinajstić information content (AvgIpc) is 2.43. The predicted octanol–water partition coefficient (Wildman–Crippen LogP) is 1.12. The second-order valence-corrected chi connectivity index (χ2v) is 4.97. The molecule has 0 aromatic heterocycles. The molecule has 1 rings (SSSR count). The molecule has 1 fully saturated rings. The molecule has 0 amide bonds. The highest BCUT2D eigenvalue weighted by atomic mass is 16.5. The van der Waals surface area contributed by atoms with Crippen molar-refractivity contribution in [2.75, 3.05) is 26.2 Å². The van der Waals surface area contributed by atoms with Crippen molar-refractivity contribution >= 4 is 0 Å². The smallest absolute Gasteiger partial charge is 0.101 e. The maximum Gasteiger partial charge on any atom is 0.101 e. The fourth-order valence-corrected chi connectivity index (χ4v) is 2.01. The van der Waals surface area contributed by atoms with Crippen LogP contribution in [0.2, 0.25) is 0 Å². The van der Waals surface area contributed by atoms with E-state index < -0.39 is 5.54 Å². The van der Waals surface area contributed by atoms with Crippen molar-refractivity contribution < 1.29 is 4.74 Å². The van der Waals surface area contributed by atoms with Gasteiger partial charge in [0.1, 0.15) is 5.54 Å². The summed E-state index contributed by atoms with van der Waals surface area (Å²) in [4.78, 5) is 2.41. The van der Waals surface area contributed by atoms with Gasteiger partial charge < -0.3 is 15.4 Å². The maximum absolute atomic E-state index is 8.81. The van der Waals surface area contributed by atoms with E-state index in [2.05, 4.69) is 17.9 Å². The molecule has 2 atom stereocenters. The molecule has 0 aliphatic carbocycles. The number of hydrogen-bond donors (Lipinski definition) is 1. The van der Waals surface area contributed by atoms with E-state index in [1.165, 1.54) is 0 Å². The minimum atomic E-state index is -0.673. The fraction of sp³-hybridized carbons (Fsp3) is 0.917. The van der Waals surface area contributed by atoms with Gasteiger partial charge in [-0.25, -0.2) is 0 Å². The van der Waals surface area contributed by atoms with Crippen LogP contribution in [0.1, 0.15) is 33.1 Å². The van der Waals surface area contributed by atoms with Gasteiger partial charge in [0.2, 0.25) is 0 Å². The summed E-state index contributed by atoms with van der Waals surface area (Å²) in [6, 6.07) is 2.13. The van der Waals surface area contributed by atoms with E-state index in [4.69, 9.17) is 15.7 Å². The Labute approximate surface area is 98.4 Å². The van der Waals surface area contributed by atoms with Gasteiger partial charge in [0.05, 0.1) is 12.2 Å². The van der Waals surface area contributed by atoms with Gasteiger partial charge in [-0.2, -0.15) is 5.26 Å². The normalized spacial score (nSPS) is 26.8. The number of rotatable bonds is 4. The highest BCUT2D eigenvalue weighted by molar-refractivity contribution is 5.00. The first-order chi connectivity index (χ1) is 7.53. The van der Waals surface area contributed by atoms with E-state index in [-0.39, 0.29) is 0 Å². The lowest BCUT2D eigenvalue weighted by Gasteiger charge is -2.23.